The number of aryl methyl sites for hydroxylation is 3. The highest BCUT2D eigenvalue weighted by Gasteiger charge is 2.15. The molecule has 1 aliphatic heterocycles. The second kappa shape index (κ2) is 15.4. The van der Waals surface area contributed by atoms with E-state index in [2.05, 4.69) is 76.8 Å². The van der Waals surface area contributed by atoms with Gasteiger partial charge < -0.3 is 0 Å². The minimum atomic E-state index is 0. The lowest BCUT2D eigenvalue weighted by atomic mass is 10.2. The molecule has 0 saturated heterocycles. The molecule has 0 saturated carbocycles. The van der Waals surface area contributed by atoms with Crippen LogP contribution in [0.4, 0.5) is 0 Å². The van der Waals surface area contributed by atoms with Gasteiger partial charge in [0.1, 0.15) is 10.9 Å². The molecule has 12 nitrogen and oxygen atoms in total. The maximum Gasteiger partial charge on any atom is 0.214 e. The number of H-pyrrole nitrogens is 1. The molecule has 238 valence electrons. The van der Waals surface area contributed by atoms with Crippen LogP contribution in [0, 0.1) is 32.1 Å². The van der Waals surface area contributed by atoms with Gasteiger partial charge in [0.15, 0.2) is 5.84 Å². The lowest BCUT2D eigenvalue weighted by Gasteiger charge is -2.06. The van der Waals surface area contributed by atoms with E-state index >= 15 is 0 Å². The standard InChI is InChI=1S/C10H11N5S.C9H7N5S.C9H6N2S.3CH4/c1-6-4-11-5-9-7(6)3-8(16-9)10-12-14-15(2)13-10;1-5-3-10-4-8-6(5)2-7(15-8)9-11-13-14-12-9;1-6-4-11-5-9-8(6)2-7(3-10)12-9;;;/h3-5,14H,1-2H3,(H,12,13);2-4H,1H3,(H,11,12,13,14);2,4-5H,1H3;3*1H4. The Balaban J connectivity index is 0.000000184. The van der Waals surface area contributed by atoms with E-state index in [1.54, 1.807) is 34.0 Å². The number of fused-ring (bicyclic) bond motifs is 3. The lowest BCUT2D eigenvalue weighted by molar-refractivity contribution is 0.232. The van der Waals surface area contributed by atoms with Crippen molar-refractivity contribution in [3.05, 3.63) is 81.8 Å². The number of hydrogen-bond acceptors (Lipinski definition) is 14. The third-order valence-electron chi connectivity index (χ3n) is 6.43. The van der Waals surface area contributed by atoms with Crippen molar-refractivity contribution in [1.82, 2.24) is 51.7 Å². The third-order valence-corrected chi connectivity index (χ3v) is 9.55. The summed E-state index contributed by atoms with van der Waals surface area (Å²) in [6, 6.07) is 8.26. The van der Waals surface area contributed by atoms with E-state index < -0.39 is 0 Å². The van der Waals surface area contributed by atoms with Crippen molar-refractivity contribution in [3.63, 3.8) is 0 Å². The van der Waals surface area contributed by atoms with Crippen molar-refractivity contribution in [2.75, 3.05) is 7.05 Å². The first kappa shape index (κ1) is 35.6. The van der Waals surface area contributed by atoms with Gasteiger partial charge in [0.2, 0.25) is 5.82 Å². The van der Waals surface area contributed by atoms with Crippen LogP contribution in [-0.4, -0.2) is 53.6 Å². The molecule has 0 fully saturated rings. The molecule has 0 atom stereocenters. The number of pyridine rings is 3. The molecule has 0 aliphatic carbocycles. The fourth-order valence-electron chi connectivity index (χ4n) is 4.28. The minimum Gasteiger partial charge on any atom is -0.282 e. The molecule has 0 spiro atoms. The van der Waals surface area contributed by atoms with Gasteiger partial charge in [-0.2, -0.15) is 10.5 Å². The van der Waals surface area contributed by atoms with Crippen LogP contribution in [0.15, 0.2) is 60.5 Å². The zero-order valence-electron chi connectivity index (χ0n) is 23.4. The van der Waals surface area contributed by atoms with Crippen LogP contribution < -0.4 is 11.0 Å². The van der Waals surface area contributed by atoms with Crippen molar-refractivity contribution < 1.29 is 0 Å². The van der Waals surface area contributed by atoms with Gasteiger partial charge in [-0.1, -0.05) is 22.3 Å². The number of amidine groups is 1. The molecule has 46 heavy (non-hydrogen) atoms. The van der Waals surface area contributed by atoms with Crippen molar-refractivity contribution in [3.8, 4) is 16.8 Å². The molecule has 3 N–H and O–H groups in total. The average molecular weight is 673 g/mol. The number of tetrazole rings is 1. The SMILES string of the molecule is C.C.C.Cc1cncc2sc(-c3nn[nH]n3)cc12.Cc1cncc2sc(C#N)cc12.Cc1cncc2sc(C3=NNN(C)N3)cc12. The average Bonchev–Trinajstić information content (AvgIpc) is 3.82. The van der Waals surface area contributed by atoms with E-state index in [9.17, 15) is 0 Å². The normalized spacial score (nSPS) is 11.8. The fraction of sp³-hybridized carbons (Fsp3) is 0.226. The zero-order chi connectivity index (χ0) is 29.9. The van der Waals surface area contributed by atoms with Crippen LogP contribution in [0.2, 0.25) is 0 Å². The highest BCUT2D eigenvalue weighted by atomic mass is 32.1. The first-order valence-corrected chi connectivity index (χ1v) is 15.3. The predicted molar refractivity (Wildman–Crippen MR) is 192 cm³/mol. The van der Waals surface area contributed by atoms with E-state index in [1.807, 2.05) is 57.9 Å². The van der Waals surface area contributed by atoms with Gasteiger partial charge in [0.25, 0.3) is 0 Å². The van der Waals surface area contributed by atoms with Gasteiger partial charge in [-0.25, -0.2) is 5.53 Å². The summed E-state index contributed by atoms with van der Waals surface area (Å²) in [5.41, 5.74) is 9.43. The number of hydrazone groups is 1. The molecule has 8 rings (SSSR count). The van der Waals surface area contributed by atoms with Gasteiger partial charge in [-0.15, -0.1) is 54.4 Å². The number of hydrogen-bond donors (Lipinski definition) is 3. The van der Waals surface area contributed by atoms with Crippen LogP contribution in [0.1, 0.15) is 48.7 Å². The van der Waals surface area contributed by atoms with E-state index in [0.29, 0.717) is 5.82 Å². The maximum absolute atomic E-state index is 8.67. The Morgan fingerprint density at radius 2 is 1.24 bits per heavy atom. The highest BCUT2D eigenvalue weighted by molar-refractivity contribution is 7.22. The van der Waals surface area contributed by atoms with Gasteiger partial charge >= 0.3 is 0 Å². The van der Waals surface area contributed by atoms with Crippen molar-refractivity contribution >= 4 is 70.1 Å². The molecule has 15 heteroatoms. The second-order valence-electron chi connectivity index (χ2n) is 9.52. The number of rotatable bonds is 2. The first-order valence-electron chi connectivity index (χ1n) is 12.9. The van der Waals surface area contributed by atoms with Crippen molar-refractivity contribution in [2.45, 2.75) is 43.1 Å². The largest absolute Gasteiger partial charge is 0.282 e. The summed E-state index contributed by atoms with van der Waals surface area (Å²) in [5.74, 6) is 1.48. The van der Waals surface area contributed by atoms with Crippen LogP contribution in [0.3, 0.4) is 0 Å². The summed E-state index contributed by atoms with van der Waals surface area (Å²) in [5, 5.41) is 32.1. The molecular formula is C31H36N12S3. The van der Waals surface area contributed by atoms with Crippen molar-refractivity contribution in [2.24, 2.45) is 5.10 Å². The van der Waals surface area contributed by atoms with Crippen LogP contribution >= 0.6 is 34.0 Å². The minimum absolute atomic E-state index is 0. The van der Waals surface area contributed by atoms with E-state index in [-0.39, 0.29) is 22.3 Å². The number of nitriles is 1. The monoisotopic (exact) mass is 672 g/mol. The Morgan fingerprint density at radius 3 is 1.70 bits per heavy atom. The summed E-state index contributed by atoms with van der Waals surface area (Å²) in [4.78, 5) is 15.3. The number of nitrogens with zero attached hydrogens (tertiary/aromatic N) is 9. The molecule has 7 aromatic heterocycles. The highest BCUT2D eigenvalue weighted by Crippen LogP contribution is 2.32. The van der Waals surface area contributed by atoms with E-state index in [1.165, 1.54) is 37.9 Å². The van der Waals surface area contributed by atoms with Crippen LogP contribution in [-0.2, 0) is 0 Å². The molecule has 7 aromatic rings. The Morgan fingerprint density at radius 1 is 0.717 bits per heavy atom. The molecule has 8 heterocycles. The summed E-state index contributed by atoms with van der Waals surface area (Å²) in [6.07, 6.45) is 11.1. The topological polar surface area (TPSA) is 157 Å². The third kappa shape index (κ3) is 7.49. The molecule has 0 amide bonds. The van der Waals surface area contributed by atoms with E-state index in [4.69, 9.17) is 5.26 Å². The summed E-state index contributed by atoms with van der Waals surface area (Å²) in [7, 11) is 1.87. The Hall–Kier alpha value is -4.88. The van der Waals surface area contributed by atoms with Gasteiger partial charge in [0.05, 0.1) is 23.9 Å². The quantitative estimate of drug-likeness (QED) is 0.169. The lowest BCUT2D eigenvalue weighted by Crippen LogP contribution is -2.37. The number of aromatic amines is 1. The molecule has 0 radical (unpaired) electrons. The van der Waals surface area contributed by atoms with E-state index in [0.717, 1.165) is 40.8 Å². The smallest absolute Gasteiger partial charge is 0.214 e. The van der Waals surface area contributed by atoms with Gasteiger partial charge in [-0.3, -0.25) is 20.4 Å². The number of hydrazine groups is 2. The van der Waals surface area contributed by atoms with Gasteiger partial charge in [0, 0.05) is 44.2 Å². The number of aromatic nitrogens is 7. The second-order valence-corrected chi connectivity index (χ2v) is 12.8. The molecular weight excluding hydrogens is 637 g/mol. The van der Waals surface area contributed by atoms with Crippen LogP contribution in [0.25, 0.3) is 41.0 Å². The Bertz CT molecular complexity index is 2120. The Labute approximate surface area is 279 Å². The molecule has 0 aromatic carbocycles. The van der Waals surface area contributed by atoms with Gasteiger partial charge in [-0.05, 0) is 77.0 Å². The van der Waals surface area contributed by atoms with Crippen molar-refractivity contribution in [1.29, 1.82) is 5.26 Å². The zero-order valence-corrected chi connectivity index (χ0v) is 25.9. The Kier molecular flexibility index (Phi) is 11.9. The summed E-state index contributed by atoms with van der Waals surface area (Å²) >= 11 is 4.80. The maximum atomic E-state index is 8.67. The number of thiophene rings is 3. The van der Waals surface area contributed by atoms with Crippen LogP contribution in [0.5, 0.6) is 0 Å². The molecule has 0 bridgehead atoms. The first-order chi connectivity index (χ1) is 20.9. The molecule has 1 aliphatic rings. The number of nitrogens with one attached hydrogen (secondary N) is 3. The predicted octanol–water partition coefficient (Wildman–Crippen LogP) is 7.39. The molecule has 0 unspecified atom stereocenters. The fourth-order valence-corrected chi connectivity index (χ4v) is 7.26. The summed E-state index contributed by atoms with van der Waals surface area (Å²) in [6.45, 7) is 6.12. The summed E-state index contributed by atoms with van der Waals surface area (Å²) < 4.78 is 3.43.